The first-order valence-corrected chi connectivity index (χ1v) is 6.52. The van der Waals surface area contributed by atoms with Crippen LogP contribution in [0.1, 0.15) is 17.4 Å². The molecule has 2 nitrogen and oxygen atoms in total. The van der Waals surface area contributed by atoms with Crippen molar-refractivity contribution >= 4 is 32.8 Å². The molecule has 1 aromatic rings. The first-order valence-electron chi connectivity index (χ1n) is 3.55. The van der Waals surface area contributed by atoms with Crippen LogP contribution in [0.5, 0.6) is 0 Å². The van der Waals surface area contributed by atoms with E-state index in [1.54, 1.807) is 11.4 Å². The zero-order valence-electron chi connectivity index (χ0n) is 6.16. The molecule has 0 amide bonds. The van der Waals surface area contributed by atoms with E-state index < -0.39 is 9.84 Å². The van der Waals surface area contributed by atoms with E-state index in [4.69, 9.17) is 11.6 Å². The van der Waals surface area contributed by atoms with E-state index in [0.717, 1.165) is 5.56 Å². The average Bonchev–Trinajstić information content (AvgIpc) is 2.46. The van der Waals surface area contributed by atoms with Gasteiger partial charge in [-0.2, -0.15) is 0 Å². The molecule has 2 rings (SSSR count). The van der Waals surface area contributed by atoms with Crippen molar-refractivity contribution < 1.29 is 8.42 Å². The fourth-order valence-corrected chi connectivity index (χ4v) is 4.84. The fourth-order valence-electron chi connectivity index (χ4n) is 1.30. The molecule has 5 heteroatoms. The maximum Gasteiger partial charge on any atom is 0.188 e. The number of sulfone groups is 1. The Kier molecular flexibility index (Phi) is 1.93. The minimum atomic E-state index is -3.00. The van der Waals surface area contributed by atoms with Gasteiger partial charge in [-0.05, 0) is 23.4 Å². The summed E-state index contributed by atoms with van der Waals surface area (Å²) in [7, 11) is -3.00. The molecule has 0 bridgehead atoms. The van der Waals surface area contributed by atoms with Crippen LogP contribution in [0.4, 0.5) is 0 Å². The van der Waals surface area contributed by atoms with Gasteiger partial charge < -0.3 is 0 Å². The van der Waals surface area contributed by atoms with Crippen LogP contribution in [-0.2, 0) is 9.84 Å². The van der Waals surface area contributed by atoms with Crippen LogP contribution in [0.25, 0.3) is 0 Å². The fraction of sp³-hybridized carbons (Fsp3) is 0.429. The van der Waals surface area contributed by atoms with Crippen LogP contribution < -0.4 is 0 Å². The molecule has 1 aromatic heterocycles. The second-order valence-corrected chi connectivity index (χ2v) is 6.49. The van der Waals surface area contributed by atoms with Gasteiger partial charge in [0, 0.05) is 0 Å². The monoisotopic (exact) mass is 222 g/mol. The lowest BCUT2D eigenvalue weighted by Gasteiger charge is -2.16. The summed E-state index contributed by atoms with van der Waals surface area (Å²) in [4.78, 5) is 0. The Morgan fingerprint density at radius 3 is 3.00 bits per heavy atom. The summed E-state index contributed by atoms with van der Waals surface area (Å²) < 4.78 is 23.3. The van der Waals surface area contributed by atoms with Crippen LogP contribution in [0, 0.1) is 0 Å². The molecule has 1 atom stereocenters. The Bertz CT molecular complexity index is 393. The van der Waals surface area contributed by atoms with Gasteiger partial charge in [-0.3, -0.25) is 0 Å². The third kappa shape index (κ3) is 1.18. The van der Waals surface area contributed by atoms with E-state index in [9.17, 15) is 8.42 Å². The van der Waals surface area contributed by atoms with Gasteiger partial charge in [0.25, 0.3) is 0 Å². The lowest BCUT2D eigenvalue weighted by Crippen LogP contribution is -2.15. The molecule has 0 saturated carbocycles. The molecule has 0 aromatic carbocycles. The molecule has 1 aliphatic heterocycles. The van der Waals surface area contributed by atoms with Crippen molar-refractivity contribution in [2.45, 2.75) is 16.0 Å². The van der Waals surface area contributed by atoms with Crippen molar-refractivity contribution in [3.63, 3.8) is 0 Å². The molecule has 0 radical (unpaired) electrons. The van der Waals surface area contributed by atoms with Crippen LogP contribution >= 0.6 is 22.9 Å². The number of hydrogen-bond donors (Lipinski definition) is 0. The molecule has 0 N–H and O–H groups in total. The highest BCUT2D eigenvalue weighted by molar-refractivity contribution is 7.93. The Morgan fingerprint density at radius 1 is 1.58 bits per heavy atom. The minimum Gasteiger partial charge on any atom is -0.223 e. The van der Waals surface area contributed by atoms with Crippen molar-refractivity contribution in [1.29, 1.82) is 0 Å². The first-order chi connectivity index (χ1) is 5.61. The van der Waals surface area contributed by atoms with Gasteiger partial charge in [0.2, 0.25) is 0 Å². The van der Waals surface area contributed by atoms with E-state index >= 15 is 0 Å². The quantitative estimate of drug-likeness (QED) is 0.631. The number of thiophene rings is 1. The van der Waals surface area contributed by atoms with Crippen molar-refractivity contribution in [2.24, 2.45) is 0 Å². The Labute approximate surface area is 80.1 Å². The SMILES string of the molecule is O=S1(=O)CC[C@H](Cl)c2ccsc21. The summed E-state index contributed by atoms with van der Waals surface area (Å²) in [6, 6.07) is 1.80. The summed E-state index contributed by atoms with van der Waals surface area (Å²) in [6.07, 6.45) is 0.535. The number of fused-ring (bicyclic) bond motifs is 1. The predicted octanol–water partition coefficient (Wildman–Crippen LogP) is 2.21. The van der Waals surface area contributed by atoms with Crippen molar-refractivity contribution in [3.8, 4) is 0 Å². The van der Waals surface area contributed by atoms with Crippen LogP contribution in [0.2, 0.25) is 0 Å². The molecule has 0 aliphatic carbocycles. The predicted molar refractivity (Wildman–Crippen MR) is 49.6 cm³/mol. The third-order valence-electron chi connectivity index (χ3n) is 1.92. The number of alkyl halides is 1. The Balaban J connectivity index is 2.65. The Hall–Kier alpha value is -0.0600. The highest BCUT2D eigenvalue weighted by atomic mass is 35.5. The largest absolute Gasteiger partial charge is 0.223 e. The molecule has 0 fully saturated rings. The van der Waals surface area contributed by atoms with E-state index in [1.165, 1.54) is 11.3 Å². The highest BCUT2D eigenvalue weighted by Crippen LogP contribution is 2.39. The molecular formula is C7H7ClO2S2. The number of halogens is 1. The van der Waals surface area contributed by atoms with Gasteiger partial charge in [0.15, 0.2) is 9.84 Å². The van der Waals surface area contributed by atoms with Crippen LogP contribution in [-0.4, -0.2) is 14.2 Å². The van der Waals surface area contributed by atoms with Crippen molar-refractivity contribution in [3.05, 3.63) is 17.0 Å². The molecule has 2 heterocycles. The molecule has 12 heavy (non-hydrogen) atoms. The van der Waals surface area contributed by atoms with E-state index in [0.29, 0.717) is 10.6 Å². The highest BCUT2D eigenvalue weighted by Gasteiger charge is 2.30. The van der Waals surface area contributed by atoms with Gasteiger partial charge in [-0.1, -0.05) is 0 Å². The zero-order valence-corrected chi connectivity index (χ0v) is 8.55. The van der Waals surface area contributed by atoms with E-state index in [2.05, 4.69) is 0 Å². The number of hydrogen-bond acceptors (Lipinski definition) is 3. The van der Waals surface area contributed by atoms with Gasteiger partial charge in [-0.25, -0.2) is 8.42 Å². The van der Waals surface area contributed by atoms with E-state index in [1.807, 2.05) is 0 Å². The summed E-state index contributed by atoms with van der Waals surface area (Å²) in [5, 5.41) is 1.66. The molecule has 0 saturated heterocycles. The normalized spacial score (nSPS) is 26.6. The molecule has 1 aliphatic rings. The maximum absolute atomic E-state index is 11.4. The summed E-state index contributed by atoms with van der Waals surface area (Å²) >= 11 is 7.22. The summed E-state index contributed by atoms with van der Waals surface area (Å²) in [6.45, 7) is 0. The van der Waals surface area contributed by atoms with Gasteiger partial charge in [0.05, 0.1) is 11.1 Å². The maximum atomic E-state index is 11.4. The third-order valence-corrected chi connectivity index (χ3v) is 5.72. The van der Waals surface area contributed by atoms with E-state index in [-0.39, 0.29) is 11.1 Å². The smallest absolute Gasteiger partial charge is 0.188 e. The second-order valence-electron chi connectivity index (χ2n) is 2.74. The molecular weight excluding hydrogens is 216 g/mol. The van der Waals surface area contributed by atoms with Gasteiger partial charge in [-0.15, -0.1) is 22.9 Å². The topological polar surface area (TPSA) is 34.1 Å². The van der Waals surface area contributed by atoms with Crippen molar-refractivity contribution in [2.75, 3.05) is 5.75 Å². The number of rotatable bonds is 0. The molecule has 0 unspecified atom stereocenters. The average molecular weight is 223 g/mol. The second kappa shape index (κ2) is 2.72. The zero-order chi connectivity index (χ0) is 8.77. The van der Waals surface area contributed by atoms with Crippen LogP contribution in [0.15, 0.2) is 15.7 Å². The van der Waals surface area contributed by atoms with Crippen molar-refractivity contribution in [1.82, 2.24) is 0 Å². The molecule has 0 spiro atoms. The van der Waals surface area contributed by atoms with Crippen LogP contribution in [0.3, 0.4) is 0 Å². The lowest BCUT2D eigenvalue weighted by atomic mass is 10.2. The first kappa shape index (κ1) is 8.53. The lowest BCUT2D eigenvalue weighted by molar-refractivity contribution is 0.588. The van der Waals surface area contributed by atoms with Gasteiger partial charge in [0.1, 0.15) is 4.21 Å². The van der Waals surface area contributed by atoms with Gasteiger partial charge >= 0.3 is 0 Å². The summed E-state index contributed by atoms with van der Waals surface area (Å²) in [5.41, 5.74) is 0.785. The Morgan fingerprint density at radius 2 is 2.33 bits per heavy atom. The minimum absolute atomic E-state index is 0.116. The standard InChI is InChI=1S/C7H7ClO2S2/c8-6-2-4-12(9,10)7-5(6)1-3-11-7/h1,3,6H,2,4H2/t6-/m0/s1. The summed E-state index contributed by atoms with van der Waals surface area (Å²) in [5.74, 6) is 0.189. The molecule has 66 valence electrons.